The third kappa shape index (κ3) is 13.5. The van der Waals surface area contributed by atoms with Crippen LogP contribution in [0.2, 0.25) is 0 Å². The maximum Gasteiger partial charge on any atom is 0.260 e. The average Bonchev–Trinajstić information content (AvgIpc) is 3.92. The summed E-state index contributed by atoms with van der Waals surface area (Å²) in [6.45, 7) is 13.5. The molecule has 14 nitrogen and oxygen atoms in total. The summed E-state index contributed by atoms with van der Waals surface area (Å²) < 4.78 is 41.9. The maximum absolute atomic E-state index is 14.3. The lowest BCUT2D eigenvalue weighted by Gasteiger charge is -2.34. The predicted octanol–water partition coefficient (Wildman–Crippen LogP) is 10.3. The van der Waals surface area contributed by atoms with E-state index in [-0.39, 0.29) is 36.0 Å². The minimum absolute atomic E-state index is 0.0275. The third-order valence-electron chi connectivity index (χ3n) is 13.2. The molecule has 2 aliphatic heterocycles. The number of nitrogens with zero attached hydrogens (tertiary/aromatic N) is 3. The van der Waals surface area contributed by atoms with Crippen LogP contribution in [0.4, 0.5) is 22.7 Å². The molecule has 4 aromatic rings. The van der Waals surface area contributed by atoms with Crippen LogP contribution < -0.4 is 39.4 Å². The maximum atomic E-state index is 14.3. The molecule has 2 atom stereocenters. The van der Waals surface area contributed by atoms with Crippen LogP contribution in [-0.2, 0) is 38.6 Å². The van der Waals surface area contributed by atoms with Crippen LogP contribution in [0.15, 0.2) is 90.2 Å². The smallest absolute Gasteiger partial charge is 0.260 e. The Morgan fingerprint density at radius 3 is 2.22 bits per heavy atom. The first kappa shape index (κ1) is 54.3. The quantitative estimate of drug-likeness (QED) is 0.0318. The van der Waals surface area contributed by atoms with Gasteiger partial charge >= 0.3 is 0 Å². The number of fused-ring (bicyclic) bond motifs is 1. The van der Waals surface area contributed by atoms with Crippen LogP contribution >= 0.6 is 21.6 Å². The first-order valence-corrected chi connectivity index (χ1v) is 27.3. The third-order valence-corrected chi connectivity index (χ3v) is 15.8. The van der Waals surface area contributed by atoms with Crippen LogP contribution in [0.3, 0.4) is 0 Å². The number of amides is 2. The highest BCUT2D eigenvalue weighted by molar-refractivity contribution is 8.77. The van der Waals surface area contributed by atoms with Crippen molar-refractivity contribution in [2.45, 2.75) is 83.4 Å². The number of anilines is 4. The molecule has 0 bridgehead atoms. The van der Waals surface area contributed by atoms with Crippen molar-refractivity contribution in [1.82, 2.24) is 4.90 Å². The van der Waals surface area contributed by atoms with E-state index < -0.39 is 0 Å². The van der Waals surface area contributed by atoms with Crippen molar-refractivity contribution in [3.8, 4) is 23.0 Å². The van der Waals surface area contributed by atoms with E-state index in [1.165, 1.54) is 5.57 Å². The zero-order chi connectivity index (χ0) is 51.2. The number of carbonyl (C=O) groups is 2. The summed E-state index contributed by atoms with van der Waals surface area (Å²) in [6.07, 6.45) is 10.9. The van der Waals surface area contributed by atoms with E-state index in [1.54, 1.807) is 38.2 Å². The summed E-state index contributed by atoms with van der Waals surface area (Å²) in [5.41, 5.74) is 10.3. The molecule has 7 rings (SSSR count). The van der Waals surface area contributed by atoms with Crippen molar-refractivity contribution in [3.63, 3.8) is 0 Å². The van der Waals surface area contributed by atoms with Crippen LogP contribution in [0.5, 0.6) is 23.0 Å². The van der Waals surface area contributed by atoms with Gasteiger partial charge < -0.3 is 58.5 Å². The Labute approximate surface area is 434 Å². The number of para-hydroxylation sites is 1. The standard InChI is InChI=1S/C56H73N5O9S2/c1-38-24-51(65-7)53(31-47(38)58-33-45-29-43-15-10-12-16-49(43)60(45)37-62)69-34-40-26-41(28-44(27-40)59(36-56(3,4)72-71-9)18-19-67-22-23-68-21-20-64-6)35-70-54-32-48(57-5)46(30-52(54)66-8)55(63)61-39(2)25-42-14-11-13-17-50(42)61/h10,12-13,15-17,24,26-28,30-32,37,39,45,57-58H,11,14,18-23,25,29,33-36H2,1-9H3/t39-,45?/m1/s1. The van der Waals surface area contributed by atoms with Crippen LogP contribution in [0.25, 0.3) is 0 Å². The molecule has 2 N–H and O–H groups in total. The van der Waals surface area contributed by atoms with E-state index in [1.807, 2.05) is 71.0 Å². The molecule has 0 saturated carbocycles. The Hall–Kier alpha value is -5.52. The lowest BCUT2D eigenvalue weighted by atomic mass is 10.0. The molecular formula is C56H73N5O9S2. The number of rotatable bonds is 28. The molecule has 0 saturated heterocycles. The Kier molecular flexibility index (Phi) is 19.5. The van der Waals surface area contributed by atoms with Crippen LogP contribution in [-0.4, -0.2) is 121 Å². The number of carbonyl (C=O) groups excluding carboxylic acids is 2. The number of benzene rings is 4. The van der Waals surface area contributed by atoms with Gasteiger partial charge in [0.2, 0.25) is 6.41 Å². The largest absolute Gasteiger partial charge is 0.493 e. The van der Waals surface area contributed by atoms with Crippen molar-refractivity contribution >= 4 is 56.7 Å². The number of hydrogen-bond acceptors (Lipinski definition) is 14. The lowest BCUT2D eigenvalue weighted by molar-refractivity contribution is -0.107. The molecule has 3 aliphatic rings. The Morgan fingerprint density at radius 1 is 0.861 bits per heavy atom. The number of allylic oxidation sites excluding steroid dienone is 2. The summed E-state index contributed by atoms with van der Waals surface area (Å²) in [5.74, 6) is 2.09. The van der Waals surface area contributed by atoms with Gasteiger partial charge in [-0.1, -0.05) is 45.9 Å². The van der Waals surface area contributed by atoms with E-state index in [2.05, 4.69) is 79.0 Å². The molecule has 72 heavy (non-hydrogen) atoms. The number of hydrogen-bond donors (Lipinski definition) is 2. The minimum Gasteiger partial charge on any atom is -0.493 e. The van der Waals surface area contributed by atoms with Crippen molar-refractivity contribution in [2.75, 3.05) is 108 Å². The van der Waals surface area contributed by atoms with Gasteiger partial charge in [0.05, 0.1) is 64.5 Å². The zero-order valence-electron chi connectivity index (χ0n) is 43.5. The second-order valence-corrected chi connectivity index (χ2v) is 22.0. The summed E-state index contributed by atoms with van der Waals surface area (Å²) in [7, 11) is 10.3. The van der Waals surface area contributed by atoms with Crippen LogP contribution in [0.1, 0.15) is 72.6 Å². The Bertz CT molecular complexity index is 2550. The van der Waals surface area contributed by atoms with E-state index in [4.69, 9.17) is 33.2 Å². The predicted molar refractivity (Wildman–Crippen MR) is 293 cm³/mol. The molecule has 1 aliphatic carbocycles. The van der Waals surface area contributed by atoms with Gasteiger partial charge in [0.25, 0.3) is 5.91 Å². The molecule has 0 spiro atoms. The molecule has 4 aromatic carbocycles. The molecule has 1 unspecified atom stereocenters. The molecule has 388 valence electrons. The van der Waals surface area contributed by atoms with Crippen molar-refractivity contribution in [2.24, 2.45) is 0 Å². The van der Waals surface area contributed by atoms with Gasteiger partial charge in [-0.25, -0.2) is 0 Å². The van der Waals surface area contributed by atoms with Gasteiger partial charge in [-0.05, 0) is 130 Å². The number of aryl methyl sites for hydroxylation is 1. The van der Waals surface area contributed by atoms with E-state index in [0.29, 0.717) is 80.4 Å². The average molecular weight is 1020 g/mol. The van der Waals surface area contributed by atoms with Gasteiger partial charge in [0.15, 0.2) is 23.0 Å². The molecule has 0 aromatic heterocycles. The van der Waals surface area contributed by atoms with Gasteiger partial charge in [-0.15, -0.1) is 0 Å². The highest BCUT2D eigenvalue weighted by Gasteiger charge is 2.35. The first-order chi connectivity index (χ1) is 34.9. The summed E-state index contributed by atoms with van der Waals surface area (Å²) in [4.78, 5) is 32.7. The number of ether oxygens (including phenoxy) is 7. The molecule has 2 heterocycles. The topological polar surface area (TPSA) is 133 Å². The fourth-order valence-electron chi connectivity index (χ4n) is 9.71. The van der Waals surface area contributed by atoms with Gasteiger partial charge in [0.1, 0.15) is 13.2 Å². The number of nitrogens with one attached hydrogen (secondary N) is 2. The number of methoxy groups -OCH3 is 3. The summed E-state index contributed by atoms with van der Waals surface area (Å²) >= 11 is 0. The fraction of sp³-hybridized carbons (Fsp3) is 0.464. The van der Waals surface area contributed by atoms with Crippen molar-refractivity contribution < 1.29 is 42.7 Å². The second kappa shape index (κ2) is 25.9. The van der Waals surface area contributed by atoms with Gasteiger partial charge in [-0.2, -0.15) is 0 Å². The van der Waals surface area contributed by atoms with E-state index >= 15 is 0 Å². The van der Waals surface area contributed by atoms with Crippen molar-refractivity contribution in [1.29, 1.82) is 0 Å². The lowest BCUT2D eigenvalue weighted by Crippen LogP contribution is -2.38. The highest BCUT2D eigenvalue weighted by Crippen LogP contribution is 2.41. The molecule has 16 heteroatoms. The van der Waals surface area contributed by atoms with Crippen molar-refractivity contribution in [3.05, 3.63) is 118 Å². The van der Waals surface area contributed by atoms with Gasteiger partial charge in [0, 0.05) is 79.5 Å². The van der Waals surface area contributed by atoms with Crippen LogP contribution in [0, 0.1) is 6.92 Å². The second-order valence-electron chi connectivity index (χ2n) is 18.9. The zero-order valence-corrected chi connectivity index (χ0v) is 45.1. The highest BCUT2D eigenvalue weighted by atomic mass is 33.1. The molecule has 0 radical (unpaired) electrons. The molecular weight excluding hydrogens is 951 g/mol. The van der Waals surface area contributed by atoms with E-state index in [0.717, 1.165) is 83.7 Å². The molecule has 2 amide bonds. The Morgan fingerprint density at radius 2 is 1.54 bits per heavy atom. The normalized spacial score (nSPS) is 16.1. The minimum atomic E-state index is -0.108. The Balaban J connectivity index is 1.16. The van der Waals surface area contributed by atoms with Gasteiger partial charge in [-0.3, -0.25) is 9.59 Å². The summed E-state index contributed by atoms with van der Waals surface area (Å²) in [5, 5.41) is 6.87. The first-order valence-electron chi connectivity index (χ1n) is 24.8. The molecule has 0 fully saturated rings. The fourth-order valence-corrected chi connectivity index (χ4v) is 11.9. The van der Waals surface area contributed by atoms with E-state index in [9.17, 15) is 9.59 Å². The summed E-state index contributed by atoms with van der Waals surface area (Å²) in [6, 6.07) is 22.1. The SMILES string of the molecule is CNc1cc(OCc2cc(COc3cc(NCC4Cc5ccccc5N4C=O)c(C)cc3OC)cc(N(CCOCCOCCOC)CC(C)(C)SSC)c2)c(OC)cc1C(=O)N1C2=C(CCC=C2)C[C@H]1C. The monoisotopic (exact) mass is 1020 g/mol.